The van der Waals surface area contributed by atoms with Crippen molar-refractivity contribution in [2.45, 2.75) is 6.92 Å². The molecule has 78 valence electrons. The summed E-state index contributed by atoms with van der Waals surface area (Å²) in [7, 11) is 0. The summed E-state index contributed by atoms with van der Waals surface area (Å²) in [6.45, 7) is 1.98. The number of aryl methyl sites for hydroxylation is 1. The fourth-order valence-electron chi connectivity index (χ4n) is 1.78. The Balaban J connectivity index is 2.59. The van der Waals surface area contributed by atoms with Gasteiger partial charge in [-0.15, -0.1) is 0 Å². The topological polar surface area (TPSA) is 38.7 Å². The molecule has 3 aromatic rings. The van der Waals surface area contributed by atoms with Gasteiger partial charge in [-0.05, 0) is 41.1 Å². The van der Waals surface area contributed by atoms with Crippen molar-refractivity contribution >= 4 is 37.9 Å². The lowest BCUT2D eigenvalue weighted by Crippen LogP contribution is -1.89. The molecule has 3 rings (SSSR count). The molecule has 2 aromatic heterocycles. The number of pyridine rings is 1. The van der Waals surface area contributed by atoms with Gasteiger partial charge in [0, 0.05) is 27.9 Å². The minimum Gasteiger partial charge on any atom is -0.253 e. The molecule has 0 saturated heterocycles. The van der Waals surface area contributed by atoms with Gasteiger partial charge in [-0.3, -0.25) is 15.0 Å². The fourth-order valence-corrected chi connectivity index (χ4v) is 2.30. The summed E-state index contributed by atoms with van der Waals surface area (Å²) in [6.07, 6.45) is 3.40. The van der Waals surface area contributed by atoms with E-state index in [2.05, 4.69) is 30.9 Å². The third-order valence-corrected chi connectivity index (χ3v) is 3.11. The fraction of sp³-hybridized carbons (Fsp3) is 0.0833. The molecule has 0 aliphatic carbocycles. The van der Waals surface area contributed by atoms with Crippen molar-refractivity contribution in [2.75, 3.05) is 0 Å². The number of hydrogen-bond acceptors (Lipinski definition) is 3. The van der Waals surface area contributed by atoms with Crippen LogP contribution in [0.15, 0.2) is 35.1 Å². The van der Waals surface area contributed by atoms with Crippen LogP contribution in [-0.2, 0) is 0 Å². The minimum absolute atomic E-state index is 0.882. The number of fused-ring (bicyclic) bond motifs is 3. The highest BCUT2D eigenvalue weighted by Gasteiger charge is 2.07. The Labute approximate surface area is 101 Å². The molecule has 1 aromatic carbocycles. The van der Waals surface area contributed by atoms with Crippen LogP contribution in [0.25, 0.3) is 21.9 Å². The van der Waals surface area contributed by atoms with Crippen LogP contribution in [0.4, 0.5) is 0 Å². The van der Waals surface area contributed by atoms with Crippen LogP contribution in [0.1, 0.15) is 5.69 Å². The van der Waals surface area contributed by atoms with Crippen LogP contribution < -0.4 is 0 Å². The maximum atomic E-state index is 4.51. The minimum atomic E-state index is 0.882. The van der Waals surface area contributed by atoms with Gasteiger partial charge in [-0.25, -0.2) is 0 Å². The van der Waals surface area contributed by atoms with E-state index in [0.29, 0.717) is 0 Å². The molecule has 4 heteroatoms. The van der Waals surface area contributed by atoms with E-state index in [1.54, 1.807) is 12.4 Å². The number of benzene rings is 1. The van der Waals surface area contributed by atoms with Gasteiger partial charge in [0.15, 0.2) is 0 Å². The number of rotatable bonds is 0. The highest BCUT2D eigenvalue weighted by molar-refractivity contribution is 9.10. The lowest BCUT2D eigenvalue weighted by atomic mass is 10.1. The van der Waals surface area contributed by atoms with E-state index in [1.165, 1.54) is 0 Å². The molecule has 3 nitrogen and oxygen atoms in total. The monoisotopic (exact) mass is 273 g/mol. The second-order valence-corrected chi connectivity index (χ2v) is 4.49. The molecule has 0 spiro atoms. The van der Waals surface area contributed by atoms with Crippen molar-refractivity contribution in [3.8, 4) is 0 Å². The molecular formula is C12H8BrN3. The molecule has 0 bridgehead atoms. The van der Waals surface area contributed by atoms with Gasteiger partial charge in [0.1, 0.15) is 0 Å². The van der Waals surface area contributed by atoms with E-state index < -0.39 is 0 Å². The zero-order chi connectivity index (χ0) is 11.1. The average molecular weight is 274 g/mol. The molecule has 0 unspecified atom stereocenters. The zero-order valence-corrected chi connectivity index (χ0v) is 10.2. The largest absolute Gasteiger partial charge is 0.253 e. The number of aromatic nitrogens is 3. The average Bonchev–Trinajstić information content (AvgIpc) is 2.29. The summed E-state index contributed by atoms with van der Waals surface area (Å²) in [4.78, 5) is 13.2. The van der Waals surface area contributed by atoms with Crippen molar-refractivity contribution in [3.05, 3.63) is 40.8 Å². The number of hydrogen-bond donors (Lipinski definition) is 0. The lowest BCUT2D eigenvalue weighted by molar-refractivity contribution is 1.24. The smallest absolute Gasteiger partial charge is 0.0981 e. The molecule has 2 heterocycles. The molecule has 0 amide bonds. The first kappa shape index (κ1) is 9.66. The Bertz CT molecular complexity index is 694. The molecule has 0 fully saturated rings. The van der Waals surface area contributed by atoms with Crippen molar-refractivity contribution in [2.24, 2.45) is 0 Å². The molecule has 0 aliphatic rings. The van der Waals surface area contributed by atoms with Gasteiger partial charge in [-0.2, -0.15) is 0 Å². The Morgan fingerprint density at radius 1 is 1.06 bits per heavy atom. The van der Waals surface area contributed by atoms with Crippen molar-refractivity contribution in [3.63, 3.8) is 0 Å². The first-order valence-corrected chi connectivity index (χ1v) is 5.71. The van der Waals surface area contributed by atoms with E-state index in [4.69, 9.17) is 0 Å². The summed E-state index contributed by atoms with van der Waals surface area (Å²) >= 11 is 3.52. The Morgan fingerprint density at radius 3 is 2.75 bits per heavy atom. The van der Waals surface area contributed by atoms with E-state index in [1.807, 2.05) is 25.1 Å². The van der Waals surface area contributed by atoms with Crippen LogP contribution in [0.2, 0.25) is 0 Å². The van der Waals surface area contributed by atoms with Gasteiger partial charge in [-0.1, -0.05) is 0 Å². The molecule has 0 atom stereocenters. The summed E-state index contributed by atoms with van der Waals surface area (Å²) in [5.41, 5.74) is 3.71. The number of halogens is 1. The van der Waals surface area contributed by atoms with Crippen LogP contribution >= 0.6 is 15.9 Å². The van der Waals surface area contributed by atoms with Gasteiger partial charge in [0.2, 0.25) is 0 Å². The standard InChI is InChI=1S/C12H8BrN3/c1-7-2-3-8-11(16-7)9(13)6-10-12(8)15-5-4-14-10/h2-6H,1H3. The zero-order valence-electron chi connectivity index (χ0n) is 8.61. The SMILES string of the molecule is Cc1ccc2c(n1)c(Br)cc1nccnc12. The van der Waals surface area contributed by atoms with E-state index in [0.717, 1.165) is 32.1 Å². The molecular weight excluding hydrogens is 266 g/mol. The van der Waals surface area contributed by atoms with Gasteiger partial charge < -0.3 is 0 Å². The van der Waals surface area contributed by atoms with Crippen molar-refractivity contribution in [1.82, 2.24) is 15.0 Å². The third kappa shape index (κ3) is 1.38. The second kappa shape index (κ2) is 3.49. The molecule has 0 N–H and O–H groups in total. The van der Waals surface area contributed by atoms with E-state index in [9.17, 15) is 0 Å². The van der Waals surface area contributed by atoms with E-state index >= 15 is 0 Å². The van der Waals surface area contributed by atoms with Crippen LogP contribution in [-0.4, -0.2) is 15.0 Å². The summed E-state index contributed by atoms with van der Waals surface area (Å²) in [6, 6.07) is 5.99. The first-order chi connectivity index (χ1) is 7.75. The predicted molar refractivity (Wildman–Crippen MR) is 67.3 cm³/mol. The van der Waals surface area contributed by atoms with Gasteiger partial charge >= 0.3 is 0 Å². The van der Waals surface area contributed by atoms with Gasteiger partial charge in [0.25, 0.3) is 0 Å². The molecule has 16 heavy (non-hydrogen) atoms. The van der Waals surface area contributed by atoms with Crippen LogP contribution in [0.5, 0.6) is 0 Å². The molecule has 0 saturated carbocycles. The molecule has 0 aliphatic heterocycles. The van der Waals surface area contributed by atoms with Crippen LogP contribution in [0.3, 0.4) is 0 Å². The van der Waals surface area contributed by atoms with Crippen LogP contribution in [0, 0.1) is 6.92 Å². The second-order valence-electron chi connectivity index (χ2n) is 3.63. The highest BCUT2D eigenvalue weighted by Crippen LogP contribution is 2.28. The Morgan fingerprint density at radius 2 is 1.88 bits per heavy atom. The van der Waals surface area contributed by atoms with Crippen molar-refractivity contribution < 1.29 is 0 Å². The predicted octanol–water partition coefficient (Wildman–Crippen LogP) is 3.25. The quantitative estimate of drug-likeness (QED) is 0.591. The normalized spacial score (nSPS) is 11.1. The maximum Gasteiger partial charge on any atom is 0.0981 e. The first-order valence-electron chi connectivity index (χ1n) is 4.92. The summed E-state index contributed by atoms with van der Waals surface area (Å²) < 4.78 is 0.958. The molecule has 0 radical (unpaired) electrons. The Kier molecular flexibility index (Phi) is 2.11. The highest BCUT2D eigenvalue weighted by atomic mass is 79.9. The van der Waals surface area contributed by atoms with Gasteiger partial charge in [0.05, 0.1) is 16.6 Å². The third-order valence-electron chi connectivity index (χ3n) is 2.51. The van der Waals surface area contributed by atoms with E-state index in [-0.39, 0.29) is 0 Å². The lowest BCUT2D eigenvalue weighted by Gasteiger charge is -2.04. The summed E-state index contributed by atoms with van der Waals surface area (Å²) in [5.74, 6) is 0. The summed E-state index contributed by atoms with van der Waals surface area (Å²) in [5, 5.41) is 1.03. The maximum absolute atomic E-state index is 4.51. The number of nitrogens with zero attached hydrogens (tertiary/aromatic N) is 3. The Hall–Kier alpha value is -1.55. The van der Waals surface area contributed by atoms with Crippen molar-refractivity contribution in [1.29, 1.82) is 0 Å².